The van der Waals surface area contributed by atoms with Crippen molar-refractivity contribution in [2.45, 2.75) is 6.18 Å². The minimum atomic E-state index is -4.44. The second-order valence-electron chi connectivity index (χ2n) is 3.39. The van der Waals surface area contributed by atoms with Gasteiger partial charge in [0.25, 0.3) is 5.91 Å². The number of hydrogen-bond donors (Lipinski definition) is 0. The number of hydroxylamine groups is 2. The number of rotatable bonds is 4. The van der Waals surface area contributed by atoms with Crippen LogP contribution in [0.3, 0.4) is 0 Å². The Morgan fingerprint density at radius 2 is 2.06 bits per heavy atom. The van der Waals surface area contributed by atoms with Crippen molar-refractivity contribution in [3.8, 4) is 5.75 Å². The van der Waals surface area contributed by atoms with E-state index < -0.39 is 24.3 Å². The highest BCUT2D eigenvalue weighted by Gasteiger charge is 2.30. The molecule has 0 heterocycles. The van der Waals surface area contributed by atoms with Gasteiger partial charge < -0.3 is 4.74 Å². The molecule has 18 heavy (non-hydrogen) atoms. The summed E-state index contributed by atoms with van der Waals surface area (Å²) in [6, 6.07) is 4.31. The molecule has 0 fully saturated rings. The molecule has 100 valence electrons. The molecule has 0 saturated carbocycles. The monoisotopic (exact) mass is 263 g/mol. The standard InChI is InChI=1S/C11H12F3NO3/c1-15(17-2)10(16)7-18-9-5-3-4-8(6-9)11(12,13)14/h3-6H,7H2,1-2H3. The Morgan fingerprint density at radius 3 is 2.61 bits per heavy atom. The summed E-state index contributed by atoms with van der Waals surface area (Å²) >= 11 is 0. The Labute approximate surface area is 102 Å². The second-order valence-corrected chi connectivity index (χ2v) is 3.39. The van der Waals surface area contributed by atoms with Gasteiger partial charge in [0.1, 0.15) is 5.75 Å². The van der Waals surface area contributed by atoms with E-state index in [4.69, 9.17) is 4.74 Å². The van der Waals surface area contributed by atoms with Crippen LogP contribution in [0.15, 0.2) is 24.3 Å². The van der Waals surface area contributed by atoms with Crippen molar-refractivity contribution < 1.29 is 27.5 Å². The smallest absolute Gasteiger partial charge is 0.416 e. The van der Waals surface area contributed by atoms with Gasteiger partial charge in [0.05, 0.1) is 12.7 Å². The molecule has 0 atom stereocenters. The van der Waals surface area contributed by atoms with Crippen LogP contribution >= 0.6 is 0 Å². The maximum atomic E-state index is 12.4. The summed E-state index contributed by atoms with van der Waals surface area (Å²) in [5.41, 5.74) is -0.826. The lowest BCUT2D eigenvalue weighted by Gasteiger charge is -2.14. The maximum Gasteiger partial charge on any atom is 0.416 e. The highest BCUT2D eigenvalue weighted by Crippen LogP contribution is 2.31. The van der Waals surface area contributed by atoms with E-state index in [0.717, 1.165) is 17.2 Å². The Bertz CT molecular complexity index is 420. The van der Waals surface area contributed by atoms with Crippen LogP contribution in [0.1, 0.15) is 5.56 Å². The number of halogens is 3. The lowest BCUT2D eigenvalue weighted by atomic mass is 10.2. The molecule has 0 N–H and O–H groups in total. The molecule has 1 aromatic rings. The van der Waals surface area contributed by atoms with Crippen LogP contribution in [0.2, 0.25) is 0 Å². The van der Waals surface area contributed by atoms with E-state index in [0.29, 0.717) is 0 Å². The van der Waals surface area contributed by atoms with Gasteiger partial charge in [-0.1, -0.05) is 6.07 Å². The third-order valence-electron chi connectivity index (χ3n) is 2.15. The largest absolute Gasteiger partial charge is 0.484 e. The Morgan fingerprint density at radius 1 is 1.39 bits per heavy atom. The van der Waals surface area contributed by atoms with Crippen molar-refractivity contribution in [1.82, 2.24) is 5.06 Å². The van der Waals surface area contributed by atoms with Gasteiger partial charge in [0.2, 0.25) is 0 Å². The highest BCUT2D eigenvalue weighted by molar-refractivity contribution is 5.76. The van der Waals surface area contributed by atoms with Gasteiger partial charge in [-0.3, -0.25) is 9.63 Å². The molecule has 0 unspecified atom stereocenters. The van der Waals surface area contributed by atoms with E-state index >= 15 is 0 Å². The first kappa shape index (κ1) is 14.3. The molecule has 0 saturated heterocycles. The molecular weight excluding hydrogens is 251 g/mol. The summed E-state index contributed by atoms with van der Waals surface area (Å²) in [5.74, 6) is -0.530. The zero-order valence-electron chi connectivity index (χ0n) is 9.82. The Hall–Kier alpha value is -1.76. The molecule has 1 rings (SSSR count). The van der Waals surface area contributed by atoms with Crippen molar-refractivity contribution >= 4 is 5.91 Å². The molecule has 0 spiro atoms. The van der Waals surface area contributed by atoms with Crippen LogP contribution < -0.4 is 4.74 Å². The van der Waals surface area contributed by atoms with Gasteiger partial charge >= 0.3 is 6.18 Å². The van der Waals surface area contributed by atoms with E-state index in [2.05, 4.69) is 4.84 Å². The van der Waals surface area contributed by atoms with Crippen LogP contribution in [0.5, 0.6) is 5.75 Å². The van der Waals surface area contributed by atoms with Gasteiger partial charge in [-0.25, -0.2) is 5.06 Å². The van der Waals surface area contributed by atoms with Gasteiger partial charge in [-0.05, 0) is 18.2 Å². The van der Waals surface area contributed by atoms with Crippen molar-refractivity contribution in [1.29, 1.82) is 0 Å². The molecule has 0 bridgehead atoms. The normalized spacial score (nSPS) is 11.2. The summed E-state index contributed by atoms with van der Waals surface area (Å²) < 4.78 is 42.2. The quantitative estimate of drug-likeness (QED) is 0.781. The predicted molar refractivity (Wildman–Crippen MR) is 56.7 cm³/mol. The van der Waals surface area contributed by atoms with Crippen LogP contribution in [0, 0.1) is 0 Å². The first-order chi connectivity index (χ1) is 8.34. The van der Waals surface area contributed by atoms with E-state index in [9.17, 15) is 18.0 Å². The molecule has 0 aliphatic heterocycles. The molecule has 0 aliphatic carbocycles. The minimum absolute atomic E-state index is 0.0253. The molecule has 0 aromatic heterocycles. The number of alkyl halides is 3. The molecule has 1 aromatic carbocycles. The van der Waals surface area contributed by atoms with E-state index in [1.807, 2.05) is 0 Å². The van der Waals surface area contributed by atoms with Crippen molar-refractivity contribution in [2.75, 3.05) is 20.8 Å². The zero-order valence-corrected chi connectivity index (χ0v) is 9.82. The Balaban J connectivity index is 2.66. The second kappa shape index (κ2) is 5.72. The number of carbonyl (C=O) groups excluding carboxylic acids is 1. The summed E-state index contributed by atoms with van der Waals surface area (Å²) in [5, 5.41) is 0.924. The topological polar surface area (TPSA) is 38.8 Å². The third-order valence-corrected chi connectivity index (χ3v) is 2.15. The molecular formula is C11H12F3NO3. The van der Waals surface area contributed by atoms with Crippen molar-refractivity contribution in [2.24, 2.45) is 0 Å². The first-order valence-electron chi connectivity index (χ1n) is 4.95. The van der Waals surface area contributed by atoms with E-state index in [-0.39, 0.29) is 5.75 Å². The van der Waals surface area contributed by atoms with Crippen molar-refractivity contribution in [3.05, 3.63) is 29.8 Å². The van der Waals surface area contributed by atoms with Crippen LogP contribution in [-0.2, 0) is 15.8 Å². The van der Waals surface area contributed by atoms with E-state index in [1.54, 1.807) is 0 Å². The maximum absolute atomic E-state index is 12.4. The molecule has 0 radical (unpaired) electrons. The molecule has 0 aliphatic rings. The minimum Gasteiger partial charge on any atom is -0.484 e. The van der Waals surface area contributed by atoms with Gasteiger partial charge in [-0.15, -0.1) is 0 Å². The number of hydrogen-bond acceptors (Lipinski definition) is 3. The number of amides is 1. The zero-order chi connectivity index (χ0) is 13.8. The van der Waals surface area contributed by atoms with E-state index in [1.165, 1.54) is 26.3 Å². The Kier molecular flexibility index (Phi) is 4.55. The number of carbonyl (C=O) groups is 1. The number of ether oxygens (including phenoxy) is 1. The third kappa shape index (κ3) is 3.92. The highest BCUT2D eigenvalue weighted by atomic mass is 19.4. The fourth-order valence-corrected chi connectivity index (χ4v) is 1.10. The number of likely N-dealkylation sites (N-methyl/N-ethyl adjacent to an activating group) is 1. The van der Waals surface area contributed by atoms with Gasteiger partial charge in [-0.2, -0.15) is 13.2 Å². The lowest BCUT2D eigenvalue weighted by molar-refractivity contribution is -0.170. The average Bonchev–Trinajstić information content (AvgIpc) is 2.34. The molecule has 1 amide bonds. The van der Waals surface area contributed by atoms with Gasteiger partial charge in [0, 0.05) is 7.05 Å². The number of benzene rings is 1. The van der Waals surface area contributed by atoms with Crippen molar-refractivity contribution in [3.63, 3.8) is 0 Å². The summed E-state index contributed by atoms with van der Waals surface area (Å²) in [6.07, 6.45) is -4.44. The summed E-state index contributed by atoms with van der Waals surface area (Å²) in [6.45, 7) is -0.397. The summed E-state index contributed by atoms with van der Waals surface area (Å²) in [4.78, 5) is 15.9. The number of nitrogens with zero attached hydrogens (tertiary/aromatic N) is 1. The average molecular weight is 263 g/mol. The summed E-state index contributed by atoms with van der Waals surface area (Å²) in [7, 11) is 2.67. The fourth-order valence-electron chi connectivity index (χ4n) is 1.10. The molecule has 4 nitrogen and oxygen atoms in total. The van der Waals surface area contributed by atoms with Crippen LogP contribution in [0.4, 0.5) is 13.2 Å². The van der Waals surface area contributed by atoms with Crippen LogP contribution in [0.25, 0.3) is 0 Å². The SMILES string of the molecule is CON(C)C(=O)COc1cccc(C(F)(F)F)c1. The lowest BCUT2D eigenvalue weighted by Crippen LogP contribution is -2.30. The molecule has 7 heteroatoms. The fraction of sp³-hybridized carbons (Fsp3) is 0.364. The van der Waals surface area contributed by atoms with Crippen LogP contribution in [-0.4, -0.2) is 31.7 Å². The first-order valence-corrected chi connectivity index (χ1v) is 4.95. The van der Waals surface area contributed by atoms with Gasteiger partial charge in [0.15, 0.2) is 6.61 Å². The predicted octanol–water partition coefficient (Wildman–Crippen LogP) is 2.10.